The number of benzene rings is 3. The van der Waals surface area contributed by atoms with E-state index >= 15 is 0 Å². The van der Waals surface area contributed by atoms with Crippen LogP contribution < -0.4 is 14.4 Å². The van der Waals surface area contributed by atoms with Gasteiger partial charge in [0.15, 0.2) is 11.5 Å². The van der Waals surface area contributed by atoms with Crippen molar-refractivity contribution in [2.45, 2.75) is 6.23 Å². The van der Waals surface area contributed by atoms with E-state index in [4.69, 9.17) is 14.2 Å². The standard InChI is InChI=1S/C22H15NO5/c24-20(14-6-2-1-3-7-14)23-17-9-5-4-8-16(17)22(25)28-21(23)15-10-11-18-19(12-15)27-13-26-18/h1-12,21H,13H2/t21-/m1/s1. The van der Waals surface area contributed by atoms with Crippen LogP contribution in [0, 0.1) is 0 Å². The summed E-state index contributed by atoms with van der Waals surface area (Å²) in [5, 5.41) is 0. The number of nitrogens with zero attached hydrogens (tertiary/aromatic N) is 1. The van der Waals surface area contributed by atoms with Crippen LogP contribution in [-0.4, -0.2) is 18.7 Å². The first-order valence-corrected chi connectivity index (χ1v) is 8.80. The smallest absolute Gasteiger partial charge is 0.342 e. The summed E-state index contributed by atoms with van der Waals surface area (Å²) in [6.45, 7) is 0.138. The summed E-state index contributed by atoms with van der Waals surface area (Å²) in [6, 6.07) is 21.1. The predicted molar refractivity (Wildman–Crippen MR) is 100 cm³/mol. The van der Waals surface area contributed by atoms with Crippen LogP contribution in [0.25, 0.3) is 0 Å². The van der Waals surface area contributed by atoms with Crippen molar-refractivity contribution in [2.75, 3.05) is 11.7 Å². The first kappa shape index (κ1) is 16.4. The molecule has 0 saturated carbocycles. The molecule has 28 heavy (non-hydrogen) atoms. The number of cyclic esters (lactones) is 1. The van der Waals surface area contributed by atoms with Crippen molar-refractivity contribution in [1.82, 2.24) is 0 Å². The average Bonchev–Trinajstić information content (AvgIpc) is 3.22. The quantitative estimate of drug-likeness (QED) is 0.637. The van der Waals surface area contributed by atoms with E-state index in [0.29, 0.717) is 33.9 Å². The van der Waals surface area contributed by atoms with Crippen LogP contribution in [0.15, 0.2) is 72.8 Å². The summed E-state index contributed by atoms with van der Waals surface area (Å²) in [5.74, 6) is 0.435. The molecule has 0 fully saturated rings. The van der Waals surface area contributed by atoms with Crippen LogP contribution >= 0.6 is 0 Å². The maximum Gasteiger partial charge on any atom is 0.342 e. The third kappa shape index (κ3) is 2.58. The lowest BCUT2D eigenvalue weighted by atomic mass is 10.0. The topological polar surface area (TPSA) is 65.1 Å². The summed E-state index contributed by atoms with van der Waals surface area (Å²) in [6.07, 6.45) is -0.912. The largest absolute Gasteiger partial charge is 0.454 e. The average molecular weight is 373 g/mol. The molecule has 0 N–H and O–H groups in total. The highest BCUT2D eigenvalue weighted by Gasteiger charge is 2.38. The lowest BCUT2D eigenvalue weighted by Gasteiger charge is -2.36. The van der Waals surface area contributed by atoms with Gasteiger partial charge in [-0.05, 0) is 42.5 Å². The van der Waals surface area contributed by atoms with Gasteiger partial charge in [0, 0.05) is 11.1 Å². The van der Waals surface area contributed by atoms with Gasteiger partial charge in [-0.25, -0.2) is 4.79 Å². The monoisotopic (exact) mass is 373 g/mol. The Kier molecular flexibility index (Phi) is 3.76. The van der Waals surface area contributed by atoms with Crippen LogP contribution in [0.3, 0.4) is 0 Å². The Balaban J connectivity index is 1.64. The molecule has 2 heterocycles. The van der Waals surface area contributed by atoms with E-state index in [1.54, 1.807) is 66.7 Å². The molecule has 2 aliphatic rings. The number of hydrogen-bond donors (Lipinski definition) is 0. The Bertz CT molecular complexity index is 1080. The van der Waals surface area contributed by atoms with E-state index in [-0.39, 0.29) is 12.7 Å². The molecule has 0 saturated heterocycles. The fraction of sp³-hybridized carbons (Fsp3) is 0.0909. The maximum atomic E-state index is 13.4. The Hall–Kier alpha value is -3.80. The number of anilines is 1. The van der Waals surface area contributed by atoms with Gasteiger partial charge in [-0.1, -0.05) is 30.3 Å². The van der Waals surface area contributed by atoms with E-state index in [2.05, 4.69) is 0 Å². The maximum absolute atomic E-state index is 13.4. The van der Waals surface area contributed by atoms with E-state index in [1.165, 1.54) is 4.90 Å². The summed E-state index contributed by atoms with van der Waals surface area (Å²) in [4.78, 5) is 27.5. The first-order chi connectivity index (χ1) is 13.7. The van der Waals surface area contributed by atoms with Crippen molar-refractivity contribution in [3.05, 3.63) is 89.5 Å². The summed E-state index contributed by atoms with van der Waals surface area (Å²) in [5.41, 5.74) is 1.98. The first-order valence-electron chi connectivity index (χ1n) is 8.80. The molecule has 0 aliphatic carbocycles. The Morgan fingerprint density at radius 3 is 2.50 bits per heavy atom. The van der Waals surface area contributed by atoms with Crippen molar-refractivity contribution in [1.29, 1.82) is 0 Å². The second kappa shape index (κ2) is 6.42. The molecule has 1 amide bonds. The van der Waals surface area contributed by atoms with Gasteiger partial charge in [0.1, 0.15) is 0 Å². The lowest BCUT2D eigenvalue weighted by molar-refractivity contribution is 0.0248. The molecule has 1 atom stereocenters. The van der Waals surface area contributed by atoms with Gasteiger partial charge in [-0.15, -0.1) is 0 Å². The third-order valence-corrected chi connectivity index (χ3v) is 4.76. The highest BCUT2D eigenvalue weighted by atomic mass is 16.7. The molecule has 2 aliphatic heterocycles. The van der Waals surface area contributed by atoms with Crippen LogP contribution in [0.1, 0.15) is 32.5 Å². The van der Waals surface area contributed by atoms with Gasteiger partial charge < -0.3 is 14.2 Å². The van der Waals surface area contributed by atoms with Gasteiger partial charge in [0.2, 0.25) is 13.0 Å². The van der Waals surface area contributed by atoms with Crippen molar-refractivity contribution in [3.8, 4) is 11.5 Å². The van der Waals surface area contributed by atoms with E-state index in [1.807, 2.05) is 6.07 Å². The molecule has 5 rings (SSSR count). The minimum Gasteiger partial charge on any atom is -0.454 e. The highest BCUT2D eigenvalue weighted by Crippen LogP contribution is 2.41. The number of carbonyl (C=O) groups is 2. The molecular formula is C22H15NO5. The molecule has 0 aromatic heterocycles. The zero-order valence-corrected chi connectivity index (χ0v) is 14.7. The number of amides is 1. The van der Waals surface area contributed by atoms with E-state index in [9.17, 15) is 9.59 Å². The molecule has 6 nitrogen and oxygen atoms in total. The van der Waals surface area contributed by atoms with Gasteiger partial charge in [0.25, 0.3) is 5.91 Å². The molecule has 138 valence electrons. The molecule has 0 unspecified atom stereocenters. The second-order valence-corrected chi connectivity index (χ2v) is 6.43. The minimum absolute atomic E-state index is 0.138. The molecule has 3 aromatic carbocycles. The number of para-hydroxylation sites is 1. The molecular weight excluding hydrogens is 358 g/mol. The minimum atomic E-state index is -0.912. The zero-order chi connectivity index (χ0) is 19.1. The zero-order valence-electron chi connectivity index (χ0n) is 14.7. The number of ether oxygens (including phenoxy) is 3. The number of esters is 1. The number of rotatable bonds is 2. The summed E-state index contributed by atoms with van der Waals surface area (Å²) >= 11 is 0. The molecule has 0 spiro atoms. The number of fused-ring (bicyclic) bond motifs is 2. The van der Waals surface area contributed by atoms with Crippen LogP contribution in [0.2, 0.25) is 0 Å². The normalized spacial score (nSPS) is 17.1. The number of carbonyl (C=O) groups excluding carboxylic acids is 2. The predicted octanol–water partition coefficient (Wildman–Crippen LogP) is 3.93. The van der Waals surface area contributed by atoms with E-state index < -0.39 is 12.2 Å². The van der Waals surface area contributed by atoms with Crippen LogP contribution in [0.5, 0.6) is 11.5 Å². The SMILES string of the molecule is O=C1O[C@H](c2ccc3c(c2)OCO3)N(C(=O)c2ccccc2)c2ccccc21. The van der Waals surface area contributed by atoms with Crippen LogP contribution in [-0.2, 0) is 4.74 Å². The summed E-state index contributed by atoms with van der Waals surface area (Å²) < 4.78 is 16.5. The van der Waals surface area contributed by atoms with Crippen LogP contribution in [0.4, 0.5) is 5.69 Å². The Morgan fingerprint density at radius 2 is 1.64 bits per heavy atom. The lowest BCUT2D eigenvalue weighted by Crippen LogP contribution is -2.41. The van der Waals surface area contributed by atoms with Gasteiger partial charge in [-0.3, -0.25) is 9.69 Å². The molecule has 3 aromatic rings. The fourth-order valence-corrected chi connectivity index (χ4v) is 3.42. The molecule has 0 bridgehead atoms. The van der Waals surface area contributed by atoms with Crippen molar-refractivity contribution in [2.24, 2.45) is 0 Å². The third-order valence-electron chi connectivity index (χ3n) is 4.76. The number of hydrogen-bond acceptors (Lipinski definition) is 5. The van der Waals surface area contributed by atoms with Crippen molar-refractivity contribution < 1.29 is 23.8 Å². The Labute approximate surface area is 160 Å². The van der Waals surface area contributed by atoms with Gasteiger partial charge in [-0.2, -0.15) is 0 Å². The van der Waals surface area contributed by atoms with E-state index in [0.717, 1.165) is 0 Å². The molecule has 0 radical (unpaired) electrons. The highest BCUT2D eigenvalue weighted by molar-refractivity contribution is 6.11. The fourth-order valence-electron chi connectivity index (χ4n) is 3.42. The summed E-state index contributed by atoms with van der Waals surface area (Å²) in [7, 11) is 0. The molecule has 6 heteroatoms. The Morgan fingerprint density at radius 1 is 0.893 bits per heavy atom. The van der Waals surface area contributed by atoms with Gasteiger partial charge in [0.05, 0.1) is 11.3 Å². The van der Waals surface area contributed by atoms with Crippen molar-refractivity contribution in [3.63, 3.8) is 0 Å². The van der Waals surface area contributed by atoms with Gasteiger partial charge >= 0.3 is 5.97 Å². The second-order valence-electron chi connectivity index (χ2n) is 6.43. The van der Waals surface area contributed by atoms with Crippen molar-refractivity contribution >= 4 is 17.6 Å².